The molecule has 2 heterocycles. The van der Waals surface area contributed by atoms with Crippen LogP contribution >= 0.6 is 0 Å². The van der Waals surface area contributed by atoms with E-state index in [9.17, 15) is 35.9 Å². The lowest BCUT2D eigenvalue weighted by molar-refractivity contribution is -0.308. The van der Waals surface area contributed by atoms with Crippen LogP contribution in [-0.4, -0.2) is 60.5 Å². The van der Waals surface area contributed by atoms with Crippen molar-refractivity contribution in [1.29, 1.82) is 0 Å². The SMILES string of the molecule is COc1ccc(NC(=O)[C@@H]2CC23CCN(C(=O)OC(C(F)(F)F)C(F)(F)F)CC3)cn1. The molecule has 2 aliphatic rings. The van der Waals surface area contributed by atoms with Gasteiger partial charge in [0.1, 0.15) is 0 Å². The summed E-state index contributed by atoms with van der Waals surface area (Å²) in [6.07, 6.45) is -14.9. The van der Waals surface area contributed by atoms with Crippen molar-refractivity contribution in [3.63, 3.8) is 0 Å². The molecule has 1 aromatic heterocycles. The second-order valence-electron chi connectivity index (χ2n) is 7.53. The van der Waals surface area contributed by atoms with Crippen LogP contribution in [0.4, 0.5) is 36.8 Å². The molecule has 1 atom stereocenters. The van der Waals surface area contributed by atoms with Crippen LogP contribution in [0.3, 0.4) is 0 Å². The molecule has 0 radical (unpaired) electrons. The summed E-state index contributed by atoms with van der Waals surface area (Å²) < 4.78 is 84.0. The topological polar surface area (TPSA) is 80.8 Å². The first kappa shape index (κ1) is 22.9. The van der Waals surface area contributed by atoms with Gasteiger partial charge in [-0.25, -0.2) is 9.78 Å². The lowest BCUT2D eigenvalue weighted by Crippen LogP contribution is -2.49. The highest BCUT2D eigenvalue weighted by molar-refractivity contribution is 5.95. The van der Waals surface area contributed by atoms with Gasteiger partial charge in [0.05, 0.1) is 19.0 Å². The van der Waals surface area contributed by atoms with Gasteiger partial charge in [-0.2, -0.15) is 26.3 Å². The fourth-order valence-corrected chi connectivity index (χ4v) is 3.70. The van der Waals surface area contributed by atoms with Gasteiger partial charge in [0.15, 0.2) is 0 Å². The number of amides is 2. The Morgan fingerprint density at radius 3 is 2.26 bits per heavy atom. The van der Waals surface area contributed by atoms with Crippen LogP contribution in [0.2, 0.25) is 0 Å². The smallest absolute Gasteiger partial charge is 0.434 e. The molecule has 3 rings (SSSR count). The van der Waals surface area contributed by atoms with Gasteiger partial charge >= 0.3 is 18.4 Å². The third-order valence-electron chi connectivity index (χ3n) is 5.55. The quantitative estimate of drug-likeness (QED) is 0.700. The number of hydrogen-bond donors (Lipinski definition) is 1. The highest BCUT2D eigenvalue weighted by atomic mass is 19.4. The van der Waals surface area contributed by atoms with Gasteiger partial charge in [0.25, 0.3) is 6.10 Å². The Morgan fingerprint density at radius 1 is 1.16 bits per heavy atom. The van der Waals surface area contributed by atoms with Gasteiger partial charge in [-0.1, -0.05) is 0 Å². The molecule has 13 heteroatoms. The van der Waals surface area contributed by atoms with Gasteiger partial charge in [0.2, 0.25) is 11.8 Å². The largest absolute Gasteiger partial charge is 0.481 e. The van der Waals surface area contributed by atoms with E-state index in [1.54, 1.807) is 12.1 Å². The molecule has 1 spiro atoms. The predicted molar refractivity (Wildman–Crippen MR) is 93.1 cm³/mol. The minimum atomic E-state index is -5.76. The predicted octanol–water partition coefficient (Wildman–Crippen LogP) is 3.76. The molecule has 172 valence electrons. The maximum atomic E-state index is 12.6. The first-order valence-electron chi connectivity index (χ1n) is 9.26. The summed E-state index contributed by atoms with van der Waals surface area (Å²) in [5.74, 6) is -0.262. The number of aromatic nitrogens is 1. The Balaban J connectivity index is 1.52. The number of piperidine rings is 1. The van der Waals surface area contributed by atoms with E-state index < -0.39 is 30.0 Å². The molecule has 0 aromatic carbocycles. The van der Waals surface area contributed by atoms with Crippen molar-refractivity contribution in [2.24, 2.45) is 11.3 Å². The van der Waals surface area contributed by atoms with E-state index in [1.807, 2.05) is 0 Å². The molecule has 0 unspecified atom stereocenters. The Bertz CT molecular complexity index is 805. The standard InChI is InChI=1S/C18H19F6N3O4/c1-30-12-3-2-10(9-25-12)26-13(28)11-8-16(11)4-6-27(7-5-16)15(29)31-14(17(19,20)21)18(22,23)24/h2-3,9,11,14H,4-8H2,1H3,(H,26,28)/t11-/m0/s1. The van der Waals surface area contributed by atoms with Crippen molar-refractivity contribution >= 4 is 17.7 Å². The minimum absolute atomic E-state index is 0.102. The van der Waals surface area contributed by atoms with Crippen LogP contribution in [0.25, 0.3) is 0 Å². The molecule has 1 aliphatic carbocycles. The van der Waals surface area contributed by atoms with Gasteiger partial charge in [-0.3, -0.25) is 4.79 Å². The summed E-state index contributed by atoms with van der Waals surface area (Å²) in [5, 5.41) is 2.71. The summed E-state index contributed by atoms with van der Waals surface area (Å²) in [6, 6.07) is 3.17. The van der Waals surface area contributed by atoms with Crippen molar-refractivity contribution in [3.8, 4) is 5.88 Å². The third kappa shape index (κ3) is 5.13. The minimum Gasteiger partial charge on any atom is -0.481 e. The summed E-state index contributed by atoms with van der Waals surface area (Å²) in [6.45, 7) is -0.204. The van der Waals surface area contributed by atoms with Crippen LogP contribution in [0.5, 0.6) is 5.88 Å². The van der Waals surface area contributed by atoms with Gasteiger partial charge in [-0.15, -0.1) is 0 Å². The molecule has 31 heavy (non-hydrogen) atoms. The molecular formula is C18H19F6N3O4. The Labute approximate surface area is 172 Å². The van der Waals surface area contributed by atoms with Gasteiger partial charge in [-0.05, 0) is 30.7 Å². The lowest BCUT2D eigenvalue weighted by atomic mass is 9.91. The number of alkyl halides is 6. The van der Waals surface area contributed by atoms with E-state index in [0.717, 1.165) is 4.90 Å². The van der Waals surface area contributed by atoms with Crippen LogP contribution in [0, 0.1) is 11.3 Å². The first-order valence-corrected chi connectivity index (χ1v) is 9.26. The second kappa shape index (κ2) is 8.08. The zero-order valence-corrected chi connectivity index (χ0v) is 16.2. The van der Waals surface area contributed by atoms with E-state index in [4.69, 9.17) is 4.74 Å². The number of ether oxygens (including phenoxy) is 2. The summed E-state index contributed by atoms with van der Waals surface area (Å²) in [7, 11) is 1.45. The van der Waals surface area contributed by atoms with E-state index in [-0.39, 0.29) is 37.8 Å². The fourth-order valence-electron chi connectivity index (χ4n) is 3.70. The van der Waals surface area contributed by atoms with Crippen molar-refractivity contribution in [3.05, 3.63) is 18.3 Å². The third-order valence-corrected chi connectivity index (χ3v) is 5.55. The summed E-state index contributed by atoms with van der Waals surface area (Å²) >= 11 is 0. The number of rotatable bonds is 4. The molecule has 1 aromatic rings. The monoisotopic (exact) mass is 455 g/mol. The second-order valence-corrected chi connectivity index (χ2v) is 7.53. The van der Waals surface area contributed by atoms with E-state index >= 15 is 0 Å². The van der Waals surface area contributed by atoms with E-state index in [0.29, 0.717) is 18.0 Å². The number of hydrogen-bond acceptors (Lipinski definition) is 5. The molecular weight excluding hydrogens is 436 g/mol. The molecule has 1 aliphatic heterocycles. The van der Waals surface area contributed by atoms with Crippen LogP contribution in [0.1, 0.15) is 19.3 Å². The number of pyridine rings is 1. The molecule has 2 fully saturated rings. The first-order chi connectivity index (χ1) is 14.4. The number of nitrogens with one attached hydrogen (secondary N) is 1. The summed E-state index contributed by atoms with van der Waals surface area (Å²) in [5.41, 5.74) is 0.0213. The van der Waals surface area contributed by atoms with Crippen LogP contribution < -0.4 is 10.1 Å². The molecule has 7 nitrogen and oxygen atoms in total. The zero-order valence-electron chi connectivity index (χ0n) is 16.2. The van der Waals surface area contributed by atoms with E-state index in [1.165, 1.54) is 13.3 Å². The Morgan fingerprint density at radius 2 is 1.77 bits per heavy atom. The highest BCUT2D eigenvalue weighted by Crippen LogP contribution is 2.59. The van der Waals surface area contributed by atoms with Gasteiger partial charge < -0.3 is 19.7 Å². The number of carbonyl (C=O) groups excluding carboxylic acids is 2. The Kier molecular flexibility index (Phi) is 5.98. The lowest BCUT2D eigenvalue weighted by Gasteiger charge is -2.33. The van der Waals surface area contributed by atoms with Crippen LogP contribution in [-0.2, 0) is 9.53 Å². The number of halogens is 6. The maximum Gasteiger partial charge on any atom is 0.434 e. The Hall–Kier alpha value is -2.73. The molecule has 0 bridgehead atoms. The number of likely N-dealkylation sites (tertiary alicyclic amines) is 1. The van der Waals surface area contributed by atoms with Crippen molar-refractivity contribution in [2.45, 2.75) is 37.7 Å². The maximum absolute atomic E-state index is 12.6. The van der Waals surface area contributed by atoms with E-state index in [2.05, 4.69) is 15.0 Å². The fraction of sp³-hybridized carbons (Fsp3) is 0.611. The molecule has 1 saturated heterocycles. The van der Waals surface area contributed by atoms with Crippen molar-refractivity contribution < 1.29 is 45.4 Å². The number of carbonyl (C=O) groups is 2. The summed E-state index contributed by atoms with van der Waals surface area (Å²) in [4.78, 5) is 29.1. The van der Waals surface area contributed by atoms with Crippen molar-refractivity contribution in [1.82, 2.24) is 9.88 Å². The zero-order chi connectivity index (χ0) is 23.0. The number of methoxy groups -OCH3 is 1. The number of anilines is 1. The average Bonchev–Trinajstić information content (AvgIpc) is 3.38. The molecule has 1 N–H and O–H groups in total. The van der Waals surface area contributed by atoms with Crippen LogP contribution in [0.15, 0.2) is 18.3 Å². The molecule has 1 saturated carbocycles. The van der Waals surface area contributed by atoms with Gasteiger partial charge in [0, 0.05) is 25.1 Å². The van der Waals surface area contributed by atoms with Crippen molar-refractivity contribution in [2.75, 3.05) is 25.5 Å². The normalized spacial score (nSPS) is 20.5. The number of nitrogens with zero attached hydrogens (tertiary/aromatic N) is 2. The average molecular weight is 455 g/mol. The highest BCUT2D eigenvalue weighted by Gasteiger charge is 2.61. The molecule has 2 amide bonds.